The molecule has 0 radical (unpaired) electrons. The van der Waals surface area contributed by atoms with Gasteiger partial charge in [-0.05, 0) is 69.1 Å². The zero-order valence-electron chi connectivity index (χ0n) is 16.0. The van der Waals surface area contributed by atoms with Crippen LogP contribution in [-0.2, 0) is 6.42 Å². The molecule has 0 bridgehead atoms. The van der Waals surface area contributed by atoms with E-state index in [1.807, 2.05) is 18.2 Å². The van der Waals surface area contributed by atoms with Gasteiger partial charge in [0.05, 0.1) is 22.2 Å². The molecule has 0 aromatic carbocycles. The van der Waals surface area contributed by atoms with Gasteiger partial charge in [-0.15, -0.1) is 0 Å². The van der Waals surface area contributed by atoms with Gasteiger partial charge < -0.3 is 11.1 Å². The fourth-order valence-electron chi connectivity index (χ4n) is 3.90. The van der Waals surface area contributed by atoms with Gasteiger partial charge in [0.25, 0.3) is 0 Å². The molecule has 0 aliphatic heterocycles. The minimum Gasteiger partial charge on any atom is -0.368 e. The molecule has 2 aromatic heterocycles. The molecule has 6 heteroatoms. The summed E-state index contributed by atoms with van der Waals surface area (Å²) in [6.45, 7) is 0.638. The number of anilines is 1. The van der Waals surface area contributed by atoms with E-state index in [0.29, 0.717) is 23.5 Å². The number of nitrogens with one attached hydrogen (secondary N) is 1. The van der Waals surface area contributed by atoms with E-state index < -0.39 is 0 Å². The highest BCUT2D eigenvalue weighted by Gasteiger charge is 2.42. The molecule has 28 heavy (non-hydrogen) atoms. The fraction of sp³-hybridized carbons (Fsp3) is 0.500. The van der Waals surface area contributed by atoms with Crippen LogP contribution in [0.5, 0.6) is 0 Å². The summed E-state index contributed by atoms with van der Waals surface area (Å²) in [5.41, 5.74) is 8.61. The predicted octanol–water partition coefficient (Wildman–Crippen LogP) is 4.57. The standard InChI is InChI=1S/C22H26ClN5/c23-19-12-26-17(10-15-4-6-16(25)7-5-15)11-18(19)20-2-1-3-21(28-20)27-14-22(13-24)8-9-22/h1-3,11-12,15-16H,4-10,14,25H2,(H,27,28). The van der Waals surface area contributed by atoms with Crippen LogP contribution in [0, 0.1) is 22.7 Å². The third-order valence-electron chi connectivity index (χ3n) is 6.02. The van der Waals surface area contributed by atoms with Crippen molar-refractivity contribution in [1.29, 1.82) is 5.26 Å². The summed E-state index contributed by atoms with van der Waals surface area (Å²) in [6, 6.07) is 10.7. The Labute approximate surface area is 171 Å². The molecule has 2 aromatic rings. The first-order chi connectivity index (χ1) is 13.6. The number of aromatic nitrogens is 2. The molecule has 0 unspecified atom stereocenters. The SMILES string of the molecule is N#CC1(CNc2cccc(-c3cc(CC4CCC(N)CC4)ncc3Cl)n2)CC1. The molecule has 4 rings (SSSR count). The second-order valence-corrected chi connectivity index (χ2v) is 8.70. The molecule has 2 fully saturated rings. The molecular weight excluding hydrogens is 370 g/mol. The van der Waals surface area contributed by atoms with Crippen molar-refractivity contribution >= 4 is 17.4 Å². The molecule has 5 nitrogen and oxygen atoms in total. The van der Waals surface area contributed by atoms with Crippen LogP contribution < -0.4 is 11.1 Å². The van der Waals surface area contributed by atoms with E-state index in [1.54, 1.807) is 6.20 Å². The van der Waals surface area contributed by atoms with Crippen molar-refractivity contribution in [2.75, 3.05) is 11.9 Å². The molecule has 3 N–H and O–H groups in total. The Hall–Kier alpha value is -2.16. The van der Waals surface area contributed by atoms with Crippen molar-refractivity contribution < 1.29 is 0 Å². The van der Waals surface area contributed by atoms with E-state index >= 15 is 0 Å². The van der Waals surface area contributed by atoms with Crippen LogP contribution in [0.3, 0.4) is 0 Å². The lowest BCUT2D eigenvalue weighted by Gasteiger charge is -2.25. The Bertz CT molecular complexity index is 879. The molecule has 2 heterocycles. The normalized spacial score (nSPS) is 23.0. The maximum absolute atomic E-state index is 9.24. The summed E-state index contributed by atoms with van der Waals surface area (Å²) in [5, 5.41) is 13.2. The van der Waals surface area contributed by atoms with Gasteiger partial charge in [-0.1, -0.05) is 17.7 Å². The van der Waals surface area contributed by atoms with Gasteiger partial charge in [0.15, 0.2) is 0 Å². The number of rotatable bonds is 6. The Kier molecular flexibility index (Phi) is 5.52. The van der Waals surface area contributed by atoms with E-state index in [-0.39, 0.29) is 5.41 Å². The molecule has 0 spiro atoms. The monoisotopic (exact) mass is 395 g/mol. The van der Waals surface area contributed by atoms with E-state index in [9.17, 15) is 5.26 Å². The summed E-state index contributed by atoms with van der Waals surface area (Å²) < 4.78 is 0. The van der Waals surface area contributed by atoms with Crippen LogP contribution in [0.15, 0.2) is 30.5 Å². The van der Waals surface area contributed by atoms with Crippen molar-refractivity contribution in [3.63, 3.8) is 0 Å². The lowest BCUT2D eigenvalue weighted by molar-refractivity contribution is 0.323. The van der Waals surface area contributed by atoms with Gasteiger partial charge >= 0.3 is 0 Å². The fourth-order valence-corrected chi connectivity index (χ4v) is 4.10. The molecule has 0 amide bonds. The first kappa shape index (κ1) is 19.2. The minimum absolute atomic E-state index is 0.207. The molecular formula is C22H26ClN5. The number of nitrogens with zero attached hydrogens (tertiary/aromatic N) is 3. The predicted molar refractivity (Wildman–Crippen MR) is 112 cm³/mol. The Morgan fingerprint density at radius 2 is 2.04 bits per heavy atom. The number of nitrogens with two attached hydrogens (primary N) is 1. The number of pyridine rings is 2. The van der Waals surface area contributed by atoms with Crippen molar-refractivity contribution in [2.45, 2.75) is 51.0 Å². The number of hydrogen-bond donors (Lipinski definition) is 2. The maximum Gasteiger partial charge on any atom is 0.126 e. The van der Waals surface area contributed by atoms with Gasteiger partial charge in [-0.3, -0.25) is 4.98 Å². The zero-order valence-corrected chi connectivity index (χ0v) is 16.8. The van der Waals surface area contributed by atoms with Crippen molar-refractivity contribution in [3.05, 3.63) is 41.2 Å². The smallest absolute Gasteiger partial charge is 0.126 e. The first-order valence-electron chi connectivity index (χ1n) is 10.1. The Morgan fingerprint density at radius 3 is 2.75 bits per heavy atom. The third-order valence-corrected chi connectivity index (χ3v) is 6.33. The molecule has 2 aliphatic carbocycles. The average Bonchev–Trinajstić information content (AvgIpc) is 3.50. The van der Waals surface area contributed by atoms with E-state index in [2.05, 4.69) is 22.4 Å². The molecule has 2 saturated carbocycles. The number of halogens is 1. The summed E-state index contributed by atoms with van der Waals surface area (Å²) >= 11 is 6.44. The van der Waals surface area contributed by atoms with Gasteiger partial charge in [-0.25, -0.2) is 4.98 Å². The van der Waals surface area contributed by atoms with Crippen LogP contribution in [0.4, 0.5) is 5.82 Å². The summed E-state index contributed by atoms with van der Waals surface area (Å²) in [6.07, 6.45) is 9.15. The zero-order chi connectivity index (χ0) is 19.6. The third kappa shape index (κ3) is 4.45. The summed E-state index contributed by atoms with van der Waals surface area (Å²) in [4.78, 5) is 9.26. The van der Waals surface area contributed by atoms with Gasteiger partial charge in [-0.2, -0.15) is 5.26 Å². The second kappa shape index (κ2) is 8.06. The molecule has 0 saturated heterocycles. The average molecular weight is 396 g/mol. The van der Waals surface area contributed by atoms with Gasteiger partial charge in [0, 0.05) is 30.0 Å². The largest absolute Gasteiger partial charge is 0.368 e. The minimum atomic E-state index is -0.207. The lowest BCUT2D eigenvalue weighted by Crippen LogP contribution is -2.27. The molecule has 0 atom stereocenters. The number of hydrogen-bond acceptors (Lipinski definition) is 5. The summed E-state index contributed by atoms with van der Waals surface area (Å²) in [7, 11) is 0. The van der Waals surface area contributed by atoms with Crippen molar-refractivity contribution in [2.24, 2.45) is 17.1 Å². The maximum atomic E-state index is 9.24. The van der Waals surface area contributed by atoms with Gasteiger partial charge in [0.1, 0.15) is 5.82 Å². The van der Waals surface area contributed by atoms with Crippen LogP contribution in [0.1, 0.15) is 44.2 Å². The van der Waals surface area contributed by atoms with E-state index in [0.717, 1.165) is 54.9 Å². The first-order valence-corrected chi connectivity index (χ1v) is 10.5. The van der Waals surface area contributed by atoms with E-state index in [1.165, 1.54) is 12.8 Å². The highest BCUT2D eigenvalue weighted by atomic mass is 35.5. The lowest BCUT2D eigenvalue weighted by atomic mass is 9.83. The van der Waals surface area contributed by atoms with Crippen LogP contribution >= 0.6 is 11.6 Å². The van der Waals surface area contributed by atoms with E-state index in [4.69, 9.17) is 22.3 Å². The summed E-state index contributed by atoms with van der Waals surface area (Å²) in [5.74, 6) is 1.41. The molecule has 146 valence electrons. The van der Waals surface area contributed by atoms with Gasteiger partial charge in [0.2, 0.25) is 0 Å². The van der Waals surface area contributed by atoms with Crippen LogP contribution in [0.2, 0.25) is 5.02 Å². The highest BCUT2D eigenvalue weighted by Crippen LogP contribution is 2.44. The Balaban J connectivity index is 1.49. The van der Waals surface area contributed by atoms with Crippen LogP contribution in [0.25, 0.3) is 11.3 Å². The molecule has 2 aliphatic rings. The quantitative estimate of drug-likeness (QED) is 0.747. The van der Waals surface area contributed by atoms with Crippen molar-refractivity contribution in [3.8, 4) is 17.3 Å². The topological polar surface area (TPSA) is 87.6 Å². The van der Waals surface area contributed by atoms with Crippen molar-refractivity contribution in [1.82, 2.24) is 9.97 Å². The Morgan fingerprint density at radius 1 is 1.25 bits per heavy atom. The van der Waals surface area contributed by atoms with Crippen LogP contribution in [-0.4, -0.2) is 22.6 Å². The second-order valence-electron chi connectivity index (χ2n) is 8.29. The highest BCUT2D eigenvalue weighted by molar-refractivity contribution is 6.33. The number of nitriles is 1.